The van der Waals surface area contributed by atoms with Crippen LogP contribution in [0.2, 0.25) is 18.1 Å². The molecule has 0 saturated carbocycles. The third-order valence-electron chi connectivity index (χ3n) is 3.88. The Morgan fingerprint density at radius 1 is 1.14 bits per heavy atom. The zero-order chi connectivity index (χ0) is 17.0. The van der Waals surface area contributed by atoms with Gasteiger partial charge in [-0.05, 0) is 37.2 Å². The number of aryl methyl sites for hydroxylation is 1. The molecule has 1 aromatic carbocycles. The first kappa shape index (κ1) is 19.3. The number of nitrogens with one attached hydrogen (secondary N) is 1. The maximum absolute atomic E-state index is 12.1. The van der Waals surface area contributed by atoms with E-state index in [9.17, 15) is 8.42 Å². The Kier molecular flexibility index (Phi) is 6.34. The lowest BCUT2D eigenvalue weighted by Crippen LogP contribution is -2.41. The average molecular weight is 346 g/mol. The summed E-state index contributed by atoms with van der Waals surface area (Å²) in [4.78, 5) is 5.46. The van der Waals surface area contributed by atoms with Gasteiger partial charge in [-0.3, -0.25) is 4.58 Å². The number of hydrogen-bond acceptors (Lipinski definition) is 4. The molecule has 0 aliphatic rings. The van der Waals surface area contributed by atoms with Crippen LogP contribution in [0.15, 0.2) is 29.2 Å². The van der Waals surface area contributed by atoms with Crippen LogP contribution in [0.4, 0.5) is 0 Å². The van der Waals surface area contributed by atoms with Gasteiger partial charge in [0.2, 0.25) is 18.3 Å². The molecule has 0 amide bonds. The van der Waals surface area contributed by atoms with Crippen molar-refractivity contribution < 1.29 is 17.9 Å². The third-order valence-corrected chi connectivity index (χ3v) is 9.51. The highest BCUT2D eigenvalue weighted by molar-refractivity contribution is 7.89. The first-order valence-corrected chi connectivity index (χ1v) is 11.7. The van der Waals surface area contributed by atoms with Crippen LogP contribution in [0, 0.1) is 6.92 Å². The predicted molar refractivity (Wildman–Crippen MR) is 90.6 cm³/mol. The summed E-state index contributed by atoms with van der Waals surface area (Å²) >= 11 is 0. The summed E-state index contributed by atoms with van der Waals surface area (Å²) in [6, 6.07) is 6.71. The Hall–Kier alpha value is -0.733. The molecule has 1 aromatic rings. The van der Waals surface area contributed by atoms with E-state index in [1.54, 1.807) is 24.3 Å². The molecule has 0 fully saturated rings. The van der Waals surface area contributed by atoms with E-state index in [1.807, 2.05) is 6.92 Å². The smallest absolute Gasteiger partial charge is 0.240 e. The van der Waals surface area contributed by atoms with Crippen LogP contribution in [-0.4, -0.2) is 29.9 Å². The van der Waals surface area contributed by atoms with Gasteiger partial charge < -0.3 is 0 Å². The molecule has 0 radical (unpaired) electrons. The van der Waals surface area contributed by atoms with Crippen molar-refractivity contribution in [3.05, 3.63) is 29.8 Å². The summed E-state index contributed by atoms with van der Waals surface area (Å²) in [5, 5.41) is 0.0500. The Bertz CT molecular complexity index is 577. The molecule has 22 heavy (non-hydrogen) atoms. The van der Waals surface area contributed by atoms with Gasteiger partial charge in [0, 0.05) is 6.54 Å². The predicted octanol–water partition coefficient (Wildman–Crippen LogP) is 3.23. The van der Waals surface area contributed by atoms with Crippen molar-refractivity contribution in [3.8, 4) is 0 Å². The van der Waals surface area contributed by atoms with Gasteiger partial charge >= 0.3 is 0 Å². The van der Waals surface area contributed by atoms with Gasteiger partial charge in [-0.1, -0.05) is 38.5 Å². The fourth-order valence-corrected chi connectivity index (χ4v) is 2.97. The van der Waals surface area contributed by atoms with Crippen molar-refractivity contribution in [2.24, 2.45) is 0 Å². The average Bonchev–Trinajstić information content (AvgIpc) is 2.37. The highest BCUT2D eigenvalue weighted by Crippen LogP contribution is 2.36. The van der Waals surface area contributed by atoms with Crippen molar-refractivity contribution in [3.63, 3.8) is 0 Å². The highest BCUT2D eigenvalue weighted by atomic mass is 32.2. The van der Waals surface area contributed by atoms with Gasteiger partial charge in [-0.25, -0.2) is 18.0 Å². The minimum absolute atomic E-state index is 0.0500. The maximum Gasteiger partial charge on any atom is 0.240 e. The molecule has 5 nitrogen and oxygen atoms in total. The van der Waals surface area contributed by atoms with E-state index >= 15 is 0 Å². The minimum Gasteiger partial charge on any atom is -0.286 e. The molecule has 0 atom stereocenters. The van der Waals surface area contributed by atoms with Gasteiger partial charge in [0.1, 0.15) is 0 Å². The van der Waals surface area contributed by atoms with E-state index in [0.717, 1.165) is 5.56 Å². The van der Waals surface area contributed by atoms with Crippen LogP contribution < -0.4 is 4.72 Å². The number of hydrogen-bond donors (Lipinski definition) is 1. The van der Waals surface area contributed by atoms with E-state index in [-0.39, 0.29) is 23.1 Å². The molecule has 7 heteroatoms. The van der Waals surface area contributed by atoms with Crippen LogP contribution in [0.1, 0.15) is 26.3 Å². The zero-order valence-corrected chi connectivity index (χ0v) is 16.1. The summed E-state index contributed by atoms with van der Waals surface area (Å²) in [5.74, 6) is 0. The topological polar surface area (TPSA) is 64.6 Å². The second kappa shape index (κ2) is 7.23. The van der Waals surface area contributed by atoms with Gasteiger partial charge in [0.15, 0.2) is 0 Å². The van der Waals surface area contributed by atoms with Crippen LogP contribution in [0.3, 0.4) is 0 Å². The summed E-state index contributed by atoms with van der Waals surface area (Å²) < 4.78 is 32.2. The molecule has 0 unspecified atom stereocenters. The molecule has 0 saturated heterocycles. The van der Waals surface area contributed by atoms with E-state index in [2.05, 4.69) is 38.6 Å². The molecular weight excluding hydrogens is 318 g/mol. The zero-order valence-electron chi connectivity index (χ0n) is 14.3. The quantitative estimate of drug-likeness (QED) is 0.357. The first-order valence-electron chi connectivity index (χ1n) is 7.33. The van der Waals surface area contributed by atoms with Crippen LogP contribution in [0.25, 0.3) is 0 Å². The standard InChI is InChI=1S/C15H27NO4SSi/c1-13-7-9-14(10-8-13)21(17,18)16-11-12-19-20-22(5,6)15(2,3)4/h7-10,16H,11-12H2,1-6H3. The fraction of sp³-hybridized carbons (Fsp3) is 0.600. The van der Waals surface area contributed by atoms with Crippen LogP contribution in [0.5, 0.6) is 0 Å². The van der Waals surface area contributed by atoms with Gasteiger partial charge in [-0.2, -0.15) is 0 Å². The molecule has 0 heterocycles. The Labute approximate surface area is 135 Å². The largest absolute Gasteiger partial charge is 0.286 e. The lowest BCUT2D eigenvalue weighted by Gasteiger charge is -2.34. The van der Waals surface area contributed by atoms with Gasteiger partial charge in [0.05, 0.1) is 11.5 Å². The monoisotopic (exact) mass is 345 g/mol. The van der Waals surface area contributed by atoms with Crippen molar-refractivity contribution in [1.29, 1.82) is 0 Å². The van der Waals surface area contributed by atoms with Crippen molar-refractivity contribution in [2.75, 3.05) is 13.2 Å². The Morgan fingerprint density at radius 3 is 2.18 bits per heavy atom. The van der Waals surface area contributed by atoms with E-state index in [0.29, 0.717) is 0 Å². The molecule has 0 aromatic heterocycles. The Morgan fingerprint density at radius 2 is 1.68 bits per heavy atom. The van der Waals surface area contributed by atoms with E-state index < -0.39 is 18.3 Å². The summed E-state index contributed by atoms with van der Waals surface area (Å²) in [5.41, 5.74) is 1.02. The maximum atomic E-state index is 12.1. The summed E-state index contributed by atoms with van der Waals surface area (Å²) in [6.45, 7) is 12.7. The second-order valence-corrected chi connectivity index (χ2v) is 13.3. The van der Waals surface area contributed by atoms with Crippen molar-refractivity contribution in [1.82, 2.24) is 4.72 Å². The van der Waals surface area contributed by atoms with Gasteiger partial charge in [0.25, 0.3) is 0 Å². The van der Waals surface area contributed by atoms with E-state index in [4.69, 9.17) is 9.46 Å². The number of benzene rings is 1. The van der Waals surface area contributed by atoms with E-state index in [1.165, 1.54) is 0 Å². The number of rotatable bonds is 7. The molecule has 0 aliphatic carbocycles. The van der Waals surface area contributed by atoms with Crippen molar-refractivity contribution in [2.45, 2.75) is 50.7 Å². The number of sulfonamides is 1. The molecule has 0 aliphatic heterocycles. The third kappa shape index (κ3) is 5.48. The molecule has 0 bridgehead atoms. The van der Waals surface area contributed by atoms with Gasteiger partial charge in [-0.15, -0.1) is 0 Å². The molecule has 1 N–H and O–H groups in total. The first-order chi connectivity index (χ1) is 9.96. The fourth-order valence-electron chi connectivity index (χ4n) is 1.33. The normalized spacial score (nSPS) is 13.4. The Balaban J connectivity index is 2.43. The molecule has 0 spiro atoms. The molecule has 1 rings (SSSR count). The molecule has 126 valence electrons. The van der Waals surface area contributed by atoms with Crippen molar-refractivity contribution >= 4 is 18.3 Å². The summed E-state index contributed by atoms with van der Waals surface area (Å²) in [6.07, 6.45) is 0. The SMILES string of the molecule is Cc1ccc(S(=O)(=O)NCCOO[Si](C)(C)C(C)(C)C)cc1. The summed E-state index contributed by atoms with van der Waals surface area (Å²) in [7, 11) is -5.47. The van der Waals surface area contributed by atoms with Crippen LogP contribution in [-0.2, 0) is 19.5 Å². The molecular formula is C15H27NO4SSi. The minimum atomic E-state index is -3.50. The van der Waals surface area contributed by atoms with Crippen LogP contribution >= 0.6 is 0 Å². The lowest BCUT2D eigenvalue weighted by molar-refractivity contribution is -0.218. The highest BCUT2D eigenvalue weighted by Gasteiger charge is 2.39. The lowest BCUT2D eigenvalue weighted by atomic mass is 10.2. The second-order valence-electron chi connectivity index (χ2n) is 6.88.